The van der Waals surface area contributed by atoms with Crippen LogP contribution in [0.2, 0.25) is 17.3 Å². The Morgan fingerprint density at radius 2 is 1.46 bits per heavy atom. The fourth-order valence-electron chi connectivity index (χ4n) is 7.62. The van der Waals surface area contributed by atoms with Gasteiger partial charge in [-0.25, -0.2) is 4.98 Å². The van der Waals surface area contributed by atoms with Gasteiger partial charge in [-0.1, -0.05) is 69.0 Å². The van der Waals surface area contributed by atoms with Crippen molar-refractivity contribution >= 4 is 50.8 Å². The molecular weight excluding hydrogens is 982 g/mol. The molecule has 0 atom stereocenters. The van der Waals surface area contributed by atoms with Crippen molar-refractivity contribution in [2.75, 3.05) is 0 Å². The summed E-state index contributed by atoms with van der Waals surface area (Å²) in [4.78, 5) is 13.5. The summed E-state index contributed by atoms with van der Waals surface area (Å²) in [6, 6.07) is 37.1. The van der Waals surface area contributed by atoms with Gasteiger partial charge in [0.25, 0.3) is 0 Å². The quantitative estimate of drug-likeness (QED) is 0.112. The third-order valence-electron chi connectivity index (χ3n) is 10.4. The van der Waals surface area contributed by atoms with E-state index < -0.39 is 25.1 Å². The van der Waals surface area contributed by atoms with Crippen LogP contribution >= 0.6 is 0 Å². The topological polar surface area (TPSA) is 56.7 Å². The summed E-state index contributed by atoms with van der Waals surface area (Å²) in [5.74, 6) is 9.09. The maximum absolute atomic E-state index is 13.4. The average molecular weight is 1030 g/mol. The van der Waals surface area contributed by atoms with Crippen molar-refractivity contribution in [1.29, 1.82) is 0 Å². The molecule has 0 unspecified atom stereocenters. The molecule has 0 amide bonds. The predicted molar refractivity (Wildman–Crippen MR) is 234 cm³/mol. The molecule has 10 heteroatoms. The van der Waals surface area contributed by atoms with Crippen molar-refractivity contribution in [3.05, 3.63) is 138 Å². The van der Waals surface area contributed by atoms with Gasteiger partial charge in [-0.05, 0) is 47.2 Å². The van der Waals surface area contributed by atoms with Crippen LogP contribution in [0.4, 0.5) is 13.2 Å². The van der Waals surface area contributed by atoms with Gasteiger partial charge in [0, 0.05) is 31.2 Å². The summed E-state index contributed by atoms with van der Waals surface area (Å²) in [6.45, 7) is 13.2. The number of imidazole rings is 1. The zero-order valence-corrected chi connectivity index (χ0v) is 39.4. The van der Waals surface area contributed by atoms with Crippen molar-refractivity contribution in [1.82, 2.24) is 19.5 Å². The average Bonchev–Trinajstić information content (AvgIpc) is 3.75. The number of alkyl halides is 3. The number of hydrogen-bond acceptors (Lipinski definition) is 4. The molecule has 307 valence electrons. The van der Waals surface area contributed by atoms with E-state index >= 15 is 0 Å². The molecule has 0 saturated carbocycles. The van der Waals surface area contributed by atoms with Crippen LogP contribution in [0.25, 0.3) is 61.4 Å². The van der Waals surface area contributed by atoms with Crippen LogP contribution in [0.5, 0.6) is 0 Å². The van der Waals surface area contributed by atoms with Gasteiger partial charge in [0.15, 0.2) is 0 Å². The molecule has 1 radical (unpaired) electrons. The molecule has 8 aromatic rings. The number of furan rings is 1. The van der Waals surface area contributed by atoms with E-state index in [9.17, 15) is 13.2 Å². The maximum atomic E-state index is 13.4. The van der Waals surface area contributed by atoms with Gasteiger partial charge in [0.2, 0.25) is 5.71 Å². The monoisotopic (exact) mass is 1030 g/mol. The number of halogens is 3. The molecule has 0 fully saturated rings. The molecule has 0 aliphatic carbocycles. The Morgan fingerprint density at radius 1 is 0.763 bits per heavy atom. The van der Waals surface area contributed by atoms with Crippen molar-refractivity contribution in [2.45, 2.75) is 83.2 Å². The normalized spacial score (nSPS) is 12.1. The van der Waals surface area contributed by atoms with Crippen LogP contribution < -0.4 is 4.40 Å². The van der Waals surface area contributed by atoms with Crippen molar-refractivity contribution < 1.29 is 37.7 Å². The van der Waals surface area contributed by atoms with Crippen molar-refractivity contribution in [2.24, 2.45) is 5.92 Å². The fraction of sp³-hybridized carbons (Fsp3) is 0.286. The molecule has 0 spiro atoms. The number of benzene rings is 4. The third kappa shape index (κ3) is 9.13. The van der Waals surface area contributed by atoms with E-state index in [1.807, 2.05) is 42.5 Å². The number of nitrogens with zero attached hydrogens (tertiary/aromatic N) is 4. The summed E-state index contributed by atoms with van der Waals surface area (Å²) in [5.41, 5.74) is 8.68. The number of hydrogen-bond donors (Lipinski definition) is 0. The molecular formula is C49H49F3GeIrN4O-2. The second kappa shape index (κ2) is 17.6. The zero-order chi connectivity index (χ0) is 41.5. The number of rotatable bonds is 8. The first-order valence-corrected chi connectivity index (χ1v) is 27.3. The van der Waals surface area contributed by atoms with E-state index in [0.717, 1.165) is 40.5 Å². The largest absolute Gasteiger partial charge is 0.486 e. The molecule has 0 saturated heterocycles. The minimum atomic E-state index is -4.57. The Hall–Kier alpha value is -4.57. The minimum Gasteiger partial charge on any atom is -0.486 e. The first kappa shape index (κ1) is 44.0. The molecule has 59 heavy (non-hydrogen) atoms. The first-order valence-electron chi connectivity index (χ1n) is 19.9. The SMILES string of the molecule is CC(C)Cc1cc(-c2[c-]cccc2)nc[c]1[Ge]([CH3])([CH3])[CH3].CC(C)c1cccc(C(C)C)c1-n1c(-c2[c-]ccc3c2oc2nc(C(F)(F)F)ccc23)nc2ccccc21.[Ir]. The van der Waals surface area contributed by atoms with E-state index in [1.165, 1.54) is 22.8 Å². The molecule has 0 aliphatic rings. The number of aromatic nitrogens is 4. The zero-order valence-electron chi connectivity index (χ0n) is 34.9. The number of pyridine rings is 2. The maximum Gasteiger partial charge on any atom is 0.433 e. The Bertz CT molecular complexity index is 2700. The number of para-hydroxylation sites is 3. The fourth-order valence-corrected chi connectivity index (χ4v) is 11.0. The van der Waals surface area contributed by atoms with Gasteiger partial charge in [-0.3, -0.25) is 4.98 Å². The Kier molecular flexibility index (Phi) is 13.1. The molecule has 4 aromatic carbocycles. The molecule has 0 N–H and O–H groups in total. The molecule has 5 nitrogen and oxygen atoms in total. The number of fused-ring (bicyclic) bond motifs is 4. The standard InChI is InChI=1S/C31H25F3N3O.C18H24GeN.Ir/c1-17(2)19-9-7-10-20(18(3)4)27(19)37-25-14-6-5-13-24(25)35-29(37)23-12-8-11-21-22-15-16-26(31(32,33)34)36-30(22)38-28(21)23;1-14(2)11-16-12-18(15-9-7-6-8-10-15)20-13-17(16)19(3,4)5;/h5-11,13-18H,1-4H3;6-9,12-14H,11H2,1-5H3;/q2*-1;. The van der Waals surface area contributed by atoms with Crippen molar-refractivity contribution in [3.63, 3.8) is 0 Å². The summed E-state index contributed by atoms with van der Waals surface area (Å²) >= 11 is -1.86. The summed E-state index contributed by atoms with van der Waals surface area (Å²) in [5, 5.41) is 1.17. The summed E-state index contributed by atoms with van der Waals surface area (Å²) < 4.78 is 49.8. The molecule has 0 bridgehead atoms. The minimum absolute atomic E-state index is 0. The van der Waals surface area contributed by atoms with Crippen LogP contribution in [-0.4, -0.2) is 32.8 Å². The van der Waals surface area contributed by atoms with E-state index in [0.29, 0.717) is 33.7 Å². The van der Waals surface area contributed by atoms with Gasteiger partial charge in [0.05, 0.1) is 22.4 Å². The van der Waals surface area contributed by atoms with Crippen LogP contribution in [0.15, 0.2) is 108 Å². The molecule has 4 heterocycles. The van der Waals surface area contributed by atoms with Gasteiger partial charge < -0.3 is 8.98 Å². The van der Waals surface area contributed by atoms with Gasteiger partial charge in [-0.15, -0.1) is 18.2 Å². The molecule has 4 aromatic heterocycles. The van der Waals surface area contributed by atoms with Gasteiger partial charge in [-0.2, -0.15) is 13.2 Å². The van der Waals surface area contributed by atoms with Gasteiger partial charge >= 0.3 is 132 Å². The second-order valence-electron chi connectivity index (χ2n) is 16.9. The third-order valence-corrected chi connectivity index (χ3v) is 14.7. The molecule has 0 aliphatic heterocycles. The summed E-state index contributed by atoms with van der Waals surface area (Å²) in [6.07, 6.45) is -1.29. The van der Waals surface area contributed by atoms with Crippen LogP contribution in [0, 0.1) is 18.1 Å². The predicted octanol–water partition coefficient (Wildman–Crippen LogP) is 13.3. The first-order chi connectivity index (χ1) is 27.5. The Balaban J connectivity index is 0.000000236. The van der Waals surface area contributed by atoms with E-state index in [2.05, 4.69) is 117 Å². The molecule has 8 rings (SSSR count). The van der Waals surface area contributed by atoms with Crippen LogP contribution in [0.1, 0.15) is 75.8 Å². The van der Waals surface area contributed by atoms with Crippen LogP contribution in [-0.2, 0) is 32.7 Å². The summed E-state index contributed by atoms with van der Waals surface area (Å²) in [7, 11) is 0. The van der Waals surface area contributed by atoms with Gasteiger partial charge in [0.1, 0.15) is 5.69 Å². The Morgan fingerprint density at radius 3 is 2.08 bits per heavy atom. The van der Waals surface area contributed by atoms with E-state index in [-0.39, 0.29) is 37.7 Å². The Labute approximate surface area is 361 Å². The van der Waals surface area contributed by atoms with E-state index in [1.54, 1.807) is 16.5 Å². The van der Waals surface area contributed by atoms with E-state index in [4.69, 9.17) is 14.4 Å². The second-order valence-corrected chi connectivity index (χ2v) is 27.5. The van der Waals surface area contributed by atoms with Crippen LogP contribution in [0.3, 0.4) is 0 Å². The van der Waals surface area contributed by atoms with Crippen molar-refractivity contribution in [3.8, 4) is 28.3 Å². The smallest absolute Gasteiger partial charge is 0.433 e.